The average molecular weight is 332 g/mol. The van der Waals surface area contributed by atoms with Crippen molar-refractivity contribution in [2.45, 2.75) is 13.8 Å². The van der Waals surface area contributed by atoms with Crippen LogP contribution in [0.5, 0.6) is 0 Å². The summed E-state index contributed by atoms with van der Waals surface area (Å²) in [6.45, 7) is 3.41. The Hall–Kier alpha value is -3.70. The number of hydrogen-bond acceptors (Lipinski definition) is 6. The molecule has 24 heavy (non-hydrogen) atoms. The lowest BCUT2D eigenvalue weighted by atomic mass is 10.5. The number of nitrogens with one attached hydrogen (secondary N) is 6. The topological polar surface area (TPSA) is 189 Å². The molecule has 124 valence electrons. The van der Waals surface area contributed by atoms with Crippen LogP contribution in [0, 0.1) is 13.8 Å². The van der Waals surface area contributed by atoms with Crippen molar-refractivity contribution in [2.75, 3.05) is 0 Å². The van der Waals surface area contributed by atoms with Gasteiger partial charge in [0.2, 0.25) is 0 Å². The Balaban J connectivity index is 0.000000141. The molecule has 4 rings (SSSR count). The second-order valence-electron chi connectivity index (χ2n) is 4.91. The average Bonchev–Trinajstić information content (AvgIpc) is 3.01. The number of H-pyrrole nitrogens is 6. The van der Waals surface area contributed by atoms with Crippen LogP contribution in [0.3, 0.4) is 0 Å². The molecule has 0 aliphatic rings. The standard InChI is InChI=1S/2C6H6N4O2/c2*1-2-7-3-4(8-2)9-6(12)10-5(3)11/h2*1H3,(H3,7,8,9,10,11,12). The number of aromatic amines is 6. The predicted molar refractivity (Wildman–Crippen MR) is 84.1 cm³/mol. The van der Waals surface area contributed by atoms with Gasteiger partial charge in [-0.25, -0.2) is 19.6 Å². The van der Waals surface area contributed by atoms with Crippen LogP contribution in [0.1, 0.15) is 11.6 Å². The number of aromatic nitrogens is 8. The highest BCUT2D eigenvalue weighted by Crippen LogP contribution is 1.99. The summed E-state index contributed by atoms with van der Waals surface area (Å²) in [5.41, 5.74) is -0.802. The third-order valence-electron chi connectivity index (χ3n) is 3.02. The second kappa shape index (κ2) is 5.49. The van der Waals surface area contributed by atoms with Gasteiger partial charge < -0.3 is 9.97 Å². The molecule has 4 aromatic heterocycles. The first-order chi connectivity index (χ1) is 11.3. The molecule has 0 aliphatic carbocycles. The van der Waals surface area contributed by atoms with E-state index in [-0.39, 0.29) is 0 Å². The van der Waals surface area contributed by atoms with E-state index in [1.165, 1.54) is 0 Å². The summed E-state index contributed by atoms with van der Waals surface area (Å²) >= 11 is 0. The molecule has 0 unspecified atom stereocenters. The van der Waals surface area contributed by atoms with Crippen molar-refractivity contribution in [2.24, 2.45) is 0 Å². The number of aryl methyl sites for hydroxylation is 2. The molecule has 0 fully saturated rings. The molecule has 0 saturated heterocycles. The zero-order valence-electron chi connectivity index (χ0n) is 12.5. The van der Waals surface area contributed by atoms with Crippen LogP contribution >= 0.6 is 0 Å². The molecule has 4 aromatic rings. The van der Waals surface area contributed by atoms with E-state index in [0.717, 1.165) is 0 Å². The number of hydrogen-bond donors (Lipinski definition) is 6. The van der Waals surface area contributed by atoms with Crippen LogP contribution in [-0.2, 0) is 0 Å². The minimum absolute atomic E-state index is 0.293. The zero-order chi connectivity index (χ0) is 17.4. The fourth-order valence-corrected chi connectivity index (χ4v) is 2.10. The highest BCUT2D eigenvalue weighted by atomic mass is 16.2. The summed E-state index contributed by atoms with van der Waals surface area (Å²) in [5.74, 6) is 1.19. The lowest BCUT2D eigenvalue weighted by molar-refractivity contribution is 1.07. The molecule has 0 bridgehead atoms. The van der Waals surface area contributed by atoms with E-state index in [0.29, 0.717) is 34.0 Å². The molecule has 0 amide bonds. The van der Waals surface area contributed by atoms with E-state index in [1.54, 1.807) is 13.8 Å². The maximum Gasteiger partial charge on any atom is 0.327 e. The van der Waals surface area contributed by atoms with Crippen LogP contribution in [-0.4, -0.2) is 39.9 Å². The normalized spacial score (nSPS) is 10.8. The molecule has 0 radical (unpaired) electrons. The Bertz CT molecular complexity index is 1160. The van der Waals surface area contributed by atoms with E-state index in [1.807, 2.05) is 0 Å². The van der Waals surface area contributed by atoms with Crippen LogP contribution in [0.15, 0.2) is 19.2 Å². The second-order valence-corrected chi connectivity index (χ2v) is 4.91. The number of imidazole rings is 2. The van der Waals surface area contributed by atoms with Crippen LogP contribution in [0.2, 0.25) is 0 Å². The Morgan fingerprint density at radius 3 is 1.33 bits per heavy atom. The quantitative estimate of drug-likeness (QED) is 0.227. The first-order valence-electron chi connectivity index (χ1n) is 6.71. The first-order valence-corrected chi connectivity index (χ1v) is 6.71. The highest BCUT2D eigenvalue weighted by Gasteiger charge is 2.04. The Kier molecular flexibility index (Phi) is 3.48. The maximum absolute atomic E-state index is 11.1. The van der Waals surface area contributed by atoms with Gasteiger partial charge in [0.15, 0.2) is 11.3 Å². The minimum atomic E-state index is -0.543. The van der Waals surface area contributed by atoms with Gasteiger partial charge in [-0.15, -0.1) is 0 Å². The molecule has 12 nitrogen and oxygen atoms in total. The van der Waals surface area contributed by atoms with Crippen molar-refractivity contribution in [3.8, 4) is 0 Å². The number of rotatable bonds is 0. The molecular formula is C12H12N8O4. The molecule has 0 atom stereocenters. The zero-order valence-corrected chi connectivity index (χ0v) is 12.5. The number of nitrogens with zero attached hydrogens (tertiary/aromatic N) is 2. The summed E-state index contributed by atoms with van der Waals surface area (Å²) in [4.78, 5) is 65.9. The van der Waals surface area contributed by atoms with Gasteiger partial charge in [-0.1, -0.05) is 0 Å². The van der Waals surface area contributed by atoms with Gasteiger partial charge in [0.1, 0.15) is 22.7 Å². The predicted octanol–water partition coefficient (Wildman–Crippen LogP) is -1.50. The van der Waals surface area contributed by atoms with Crippen LogP contribution in [0.4, 0.5) is 0 Å². The molecule has 4 heterocycles. The van der Waals surface area contributed by atoms with E-state index >= 15 is 0 Å². The number of fused-ring (bicyclic) bond motifs is 2. The van der Waals surface area contributed by atoms with Crippen molar-refractivity contribution in [1.82, 2.24) is 39.9 Å². The van der Waals surface area contributed by atoms with Crippen LogP contribution in [0.25, 0.3) is 22.3 Å². The summed E-state index contributed by atoms with van der Waals surface area (Å²) in [7, 11) is 0. The van der Waals surface area contributed by atoms with E-state index in [4.69, 9.17) is 0 Å². The molecule has 0 aromatic carbocycles. The smallest absolute Gasteiger partial charge is 0.327 e. The van der Waals surface area contributed by atoms with E-state index in [2.05, 4.69) is 39.9 Å². The SMILES string of the molecule is Cc1nc2[nH]c(=O)[nH]c(=O)c2[nH]1.Cc1nc2[nH]c(=O)[nH]c(=O)c2[nH]1. The minimum Gasteiger partial charge on any atom is -0.336 e. The van der Waals surface area contributed by atoms with Crippen molar-refractivity contribution in [3.63, 3.8) is 0 Å². The van der Waals surface area contributed by atoms with E-state index in [9.17, 15) is 19.2 Å². The van der Waals surface area contributed by atoms with Gasteiger partial charge in [0.05, 0.1) is 0 Å². The van der Waals surface area contributed by atoms with Crippen LogP contribution < -0.4 is 22.5 Å². The molecule has 0 spiro atoms. The molecule has 0 aliphatic heterocycles. The molecule has 12 heteroatoms. The molecule has 0 saturated carbocycles. The lowest BCUT2D eigenvalue weighted by Crippen LogP contribution is -2.21. The summed E-state index contributed by atoms with van der Waals surface area (Å²) in [5, 5.41) is 0. The van der Waals surface area contributed by atoms with Crippen molar-refractivity contribution < 1.29 is 0 Å². The largest absolute Gasteiger partial charge is 0.336 e. The maximum atomic E-state index is 11.1. The van der Waals surface area contributed by atoms with Crippen molar-refractivity contribution in [1.29, 1.82) is 0 Å². The highest BCUT2D eigenvalue weighted by molar-refractivity contribution is 5.68. The van der Waals surface area contributed by atoms with Gasteiger partial charge in [-0.3, -0.25) is 29.5 Å². The lowest BCUT2D eigenvalue weighted by Gasteiger charge is -1.83. The Morgan fingerprint density at radius 1 is 0.583 bits per heavy atom. The van der Waals surface area contributed by atoms with Gasteiger partial charge >= 0.3 is 11.4 Å². The van der Waals surface area contributed by atoms with Crippen molar-refractivity contribution in [3.05, 3.63) is 53.3 Å². The monoisotopic (exact) mass is 332 g/mol. The fourth-order valence-electron chi connectivity index (χ4n) is 2.10. The Labute approximate surface area is 130 Å². The third kappa shape index (κ3) is 2.79. The van der Waals surface area contributed by atoms with Gasteiger partial charge in [0.25, 0.3) is 11.1 Å². The third-order valence-corrected chi connectivity index (χ3v) is 3.02. The fraction of sp³-hybridized carbons (Fsp3) is 0.167. The van der Waals surface area contributed by atoms with Gasteiger partial charge in [-0.2, -0.15) is 0 Å². The summed E-state index contributed by atoms with van der Waals surface area (Å²) in [6, 6.07) is 0. The molecular weight excluding hydrogens is 320 g/mol. The van der Waals surface area contributed by atoms with Gasteiger partial charge in [0, 0.05) is 0 Å². The summed E-state index contributed by atoms with van der Waals surface area (Å²) in [6.07, 6.45) is 0. The molecule has 6 N–H and O–H groups in total. The van der Waals surface area contributed by atoms with Gasteiger partial charge in [-0.05, 0) is 13.8 Å². The van der Waals surface area contributed by atoms with E-state index < -0.39 is 22.5 Å². The van der Waals surface area contributed by atoms with Crippen molar-refractivity contribution >= 4 is 22.3 Å². The first kappa shape index (κ1) is 15.2. The summed E-state index contributed by atoms with van der Waals surface area (Å²) < 4.78 is 0. The Morgan fingerprint density at radius 2 is 0.958 bits per heavy atom.